The van der Waals surface area contributed by atoms with Crippen LogP contribution in [0.3, 0.4) is 0 Å². The monoisotopic (exact) mass is 334 g/mol. The predicted octanol–water partition coefficient (Wildman–Crippen LogP) is 6.88. The Morgan fingerprint density at radius 1 is 1.04 bits per heavy atom. The van der Waals surface area contributed by atoms with Crippen molar-refractivity contribution < 1.29 is 0 Å². The molecule has 1 heteroatoms. The Bertz CT molecular complexity index is 811. The first-order chi connectivity index (χ1) is 11.4. The van der Waals surface area contributed by atoms with Crippen LogP contribution in [-0.4, -0.2) is 6.16 Å². The van der Waals surface area contributed by atoms with E-state index >= 15 is 0 Å². The Labute approximate surface area is 147 Å². The Balaban J connectivity index is 1.91. The molecule has 0 fully saturated rings. The molecule has 0 amide bonds. The fourth-order valence-electron chi connectivity index (χ4n) is 5.09. The van der Waals surface area contributed by atoms with Crippen LogP contribution in [0.25, 0.3) is 0 Å². The van der Waals surface area contributed by atoms with Crippen LogP contribution in [0.5, 0.6) is 0 Å². The second kappa shape index (κ2) is 5.57. The summed E-state index contributed by atoms with van der Waals surface area (Å²) in [5, 5.41) is 1.76. The highest BCUT2D eigenvalue weighted by molar-refractivity contribution is 7.65. The summed E-state index contributed by atoms with van der Waals surface area (Å²) in [5.74, 6) is 3.05. The van der Waals surface area contributed by atoms with E-state index in [-0.39, 0.29) is 13.3 Å². The second-order valence-electron chi connectivity index (χ2n) is 8.00. The summed E-state index contributed by atoms with van der Waals surface area (Å²) < 4.78 is 0. The maximum Gasteiger partial charge on any atom is 0.0199 e. The summed E-state index contributed by atoms with van der Waals surface area (Å²) in [6, 6.07) is 4.76. The van der Waals surface area contributed by atoms with Gasteiger partial charge in [-0.2, -0.15) is 0 Å². The van der Waals surface area contributed by atoms with Gasteiger partial charge in [-0.05, 0) is 67.9 Å². The highest BCUT2D eigenvalue weighted by Crippen LogP contribution is 2.70. The minimum Gasteiger partial charge on any atom is -0.0796 e. The van der Waals surface area contributed by atoms with Crippen LogP contribution in [0.1, 0.15) is 48.4 Å². The zero-order valence-corrected chi connectivity index (χ0v) is 16.4. The minimum absolute atomic E-state index is 0.166. The van der Waals surface area contributed by atoms with Gasteiger partial charge in [-0.3, -0.25) is 0 Å². The Kier molecular flexibility index (Phi) is 3.73. The zero-order chi connectivity index (χ0) is 17.1. The van der Waals surface area contributed by atoms with Crippen molar-refractivity contribution in [2.24, 2.45) is 5.41 Å². The number of hydrogen-bond acceptors (Lipinski definition) is 0. The molecule has 2 bridgehead atoms. The molecule has 3 aliphatic rings. The molecule has 0 spiro atoms. The van der Waals surface area contributed by atoms with E-state index in [0.717, 1.165) is 0 Å². The summed E-state index contributed by atoms with van der Waals surface area (Å²) in [7, 11) is -0.166. The summed E-state index contributed by atoms with van der Waals surface area (Å²) in [4.78, 5) is 0. The SMILES string of the molecule is CC1=CC2=C(P3C=CC=CC3)C(c3c(C)cc(C)cc3C)C1(C)C2. The normalized spacial score (nSPS) is 31.1. The van der Waals surface area contributed by atoms with Gasteiger partial charge in [0.15, 0.2) is 0 Å². The summed E-state index contributed by atoms with van der Waals surface area (Å²) in [6.45, 7) is 11.7. The molecular weight excluding hydrogens is 307 g/mol. The van der Waals surface area contributed by atoms with E-state index < -0.39 is 0 Å². The summed E-state index contributed by atoms with van der Waals surface area (Å²) >= 11 is 0. The van der Waals surface area contributed by atoms with Gasteiger partial charge in [0.05, 0.1) is 0 Å². The Hall–Kier alpha value is -1.39. The van der Waals surface area contributed by atoms with E-state index in [1.807, 2.05) is 0 Å². The number of hydrogen-bond donors (Lipinski definition) is 0. The molecule has 1 aromatic carbocycles. The van der Waals surface area contributed by atoms with E-state index in [9.17, 15) is 0 Å². The number of aryl methyl sites for hydroxylation is 3. The van der Waals surface area contributed by atoms with E-state index in [2.05, 4.69) is 76.9 Å². The maximum absolute atomic E-state index is 2.50. The number of rotatable bonds is 2. The smallest absolute Gasteiger partial charge is 0.0199 e. The molecule has 3 unspecified atom stereocenters. The van der Waals surface area contributed by atoms with Gasteiger partial charge in [0.25, 0.3) is 0 Å². The molecule has 0 saturated heterocycles. The molecule has 0 aromatic heterocycles. The van der Waals surface area contributed by atoms with Crippen molar-refractivity contribution in [2.45, 2.75) is 47.0 Å². The lowest BCUT2D eigenvalue weighted by atomic mass is 9.69. The predicted molar refractivity (Wildman–Crippen MR) is 107 cm³/mol. The molecule has 3 atom stereocenters. The molecule has 0 N–H and O–H groups in total. The van der Waals surface area contributed by atoms with E-state index in [1.54, 1.807) is 22.0 Å². The third kappa shape index (κ3) is 2.23. The number of fused-ring (bicyclic) bond motifs is 2. The van der Waals surface area contributed by atoms with E-state index in [1.165, 1.54) is 29.3 Å². The van der Waals surface area contributed by atoms with Gasteiger partial charge in [-0.15, -0.1) is 0 Å². The average Bonchev–Trinajstić information content (AvgIpc) is 2.97. The highest BCUT2D eigenvalue weighted by Gasteiger charge is 2.51. The molecule has 1 heterocycles. The van der Waals surface area contributed by atoms with Crippen LogP contribution < -0.4 is 0 Å². The van der Waals surface area contributed by atoms with Crippen molar-refractivity contribution in [1.29, 1.82) is 0 Å². The topological polar surface area (TPSA) is 0 Å². The quantitative estimate of drug-likeness (QED) is 0.517. The van der Waals surface area contributed by atoms with Gasteiger partial charge < -0.3 is 0 Å². The Morgan fingerprint density at radius 2 is 1.75 bits per heavy atom. The lowest BCUT2D eigenvalue weighted by molar-refractivity contribution is 0.386. The molecule has 2 aliphatic carbocycles. The molecule has 0 nitrogen and oxygen atoms in total. The fourth-order valence-corrected chi connectivity index (χ4v) is 7.49. The lowest BCUT2D eigenvalue weighted by Crippen LogP contribution is -2.25. The fraction of sp³-hybridized carbons (Fsp3) is 0.391. The Morgan fingerprint density at radius 3 is 2.38 bits per heavy atom. The maximum atomic E-state index is 2.50. The largest absolute Gasteiger partial charge is 0.0796 e. The van der Waals surface area contributed by atoms with Gasteiger partial charge >= 0.3 is 0 Å². The first-order valence-corrected chi connectivity index (χ1v) is 10.6. The molecule has 24 heavy (non-hydrogen) atoms. The molecule has 0 saturated carbocycles. The molecule has 1 aliphatic heterocycles. The van der Waals surface area contributed by atoms with E-state index in [0.29, 0.717) is 5.92 Å². The third-order valence-electron chi connectivity index (χ3n) is 6.24. The van der Waals surface area contributed by atoms with Crippen molar-refractivity contribution in [3.05, 3.63) is 81.0 Å². The standard InChI is InChI=1S/C23H27P/c1-15-11-16(2)20(17(3)12-15)21-22(24-9-7-6-8-10-24)19-13-18(4)23(21,5)14-19/h6-9,11-13,21H,10,14H2,1-5H3. The van der Waals surface area contributed by atoms with Crippen molar-refractivity contribution in [1.82, 2.24) is 0 Å². The average molecular weight is 334 g/mol. The van der Waals surface area contributed by atoms with Crippen molar-refractivity contribution >= 4 is 7.92 Å². The third-order valence-corrected chi connectivity index (χ3v) is 8.54. The van der Waals surface area contributed by atoms with Gasteiger partial charge in [-0.25, -0.2) is 0 Å². The van der Waals surface area contributed by atoms with Crippen LogP contribution in [0.2, 0.25) is 0 Å². The molecular formula is C23H27P. The summed E-state index contributed by atoms with van der Waals surface area (Å²) in [6.07, 6.45) is 11.8. The van der Waals surface area contributed by atoms with Gasteiger partial charge in [0.1, 0.15) is 0 Å². The second-order valence-corrected chi connectivity index (χ2v) is 10.1. The molecule has 0 radical (unpaired) electrons. The summed E-state index contributed by atoms with van der Waals surface area (Å²) in [5.41, 5.74) is 9.45. The van der Waals surface area contributed by atoms with Crippen molar-refractivity contribution in [2.75, 3.05) is 6.16 Å². The van der Waals surface area contributed by atoms with Crippen LogP contribution >= 0.6 is 7.92 Å². The zero-order valence-electron chi connectivity index (χ0n) is 15.5. The van der Waals surface area contributed by atoms with Gasteiger partial charge in [0, 0.05) is 11.3 Å². The highest BCUT2D eigenvalue weighted by atomic mass is 31.1. The first-order valence-electron chi connectivity index (χ1n) is 9.01. The van der Waals surface area contributed by atoms with Crippen molar-refractivity contribution in [3.63, 3.8) is 0 Å². The van der Waals surface area contributed by atoms with E-state index in [4.69, 9.17) is 0 Å². The lowest BCUT2D eigenvalue weighted by Gasteiger charge is -2.39. The first kappa shape index (κ1) is 16.1. The van der Waals surface area contributed by atoms with Crippen LogP contribution in [0.4, 0.5) is 0 Å². The van der Waals surface area contributed by atoms with Gasteiger partial charge in [-0.1, -0.05) is 68.2 Å². The van der Waals surface area contributed by atoms with Crippen LogP contribution in [-0.2, 0) is 0 Å². The molecule has 124 valence electrons. The molecule has 1 aromatic rings. The van der Waals surface area contributed by atoms with Gasteiger partial charge in [0.2, 0.25) is 0 Å². The minimum atomic E-state index is -0.166. The number of allylic oxidation sites excluding steroid dienone is 7. The van der Waals surface area contributed by atoms with Crippen molar-refractivity contribution in [3.8, 4) is 0 Å². The molecule has 4 rings (SSSR count). The van der Waals surface area contributed by atoms with Crippen LogP contribution in [0, 0.1) is 26.2 Å². The number of benzene rings is 1. The van der Waals surface area contributed by atoms with Crippen LogP contribution in [0.15, 0.2) is 58.7 Å².